The average Bonchev–Trinajstić information content (AvgIpc) is 2.87. The third kappa shape index (κ3) is 5.48. The average molecular weight is 483 g/mol. The maximum atomic E-state index is 12.6. The number of anilines is 2. The number of H-pyrrole nitrogens is 1. The van der Waals surface area contributed by atoms with Gasteiger partial charge in [0.25, 0.3) is 17.2 Å². The van der Waals surface area contributed by atoms with Crippen LogP contribution in [0.25, 0.3) is 10.9 Å². The van der Waals surface area contributed by atoms with Crippen molar-refractivity contribution in [3.8, 4) is 12.3 Å². The first-order chi connectivity index (χ1) is 17.3. The second-order valence-corrected chi connectivity index (χ2v) is 8.02. The number of carbonyl (C=O) groups excluding carboxylic acids is 1. The molecule has 180 valence electrons. The van der Waals surface area contributed by atoms with Crippen LogP contribution in [0.15, 0.2) is 71.5 Å². The summed E-state index contributed by atoms with van der Waals surface area (Å²) in [5.41, 5.74) is 8.48. The van der Waals surface area contributed by atoms with Crippen molar-refractivity contribution >= 4 is 34.1 Å². The molecule has 10 heteroatoms. The van der Waals surface area contributed by atoms with Gasteiger partial charge in [0.2, 0.25) is 5.95 Å². The summed E-state index contributed by atoms with van der Waals surface area (Å²) in [5.74, 6) is 2.38. The highest BCUT2D eigenvalue weighted by Crippen LogP contribution is 2.20. The van der Waals surface area contributed by atoms with E-state index in [0.717, 1.165) is 11.3 Å². The predicted molar refractivity (Wildman–Crippen MR) is 137 cm³/mol. The van der Waals surface area contributed by atoms with Crippen LogP contribution in [0.1, 0.15) is 21.5 Å². The standard InChI is InChI=1S/C26H22N6O4/c1-2-12-31(16-18-6-11-23-22(14-18)25(34)30-26(27)29-23)20-9-7-19(8-10-20)24(33)28-15-17-4-3-5-21(13-17)32(35)36/h1,3-11,13-14H,12,15-16H2,(H,28,33)(H3,27,29,30,34). The van der Waals surface area contributed by atoms with Crippen LogP contribution >= 0.6 is 0 Å². The summed E-state index contributed by atoms with van der Waals surface area (Å²) in [7, 11) is 0. The molecule has 4 N–H and O–H groups in total. The van der Waals surface area contributed by atoms with Crippen molar-refractivity contribution in [1.29, 1.82) is 0 Å². The molecule has 0 aliphatic heterocycles. The summed E-state index contributed by atoms with van der Waals surface area (Å²) < 4.78 is 0. The van der Waals surface area contributed by atoms with Crippen molar-refractivity contribution in [2.45, 2.75) is 13.1 Å². The van der Waals surface area contributed by atoms with Crippen LogP contribution in [0.4, 0.5) is 17.3 Å². The van der Waals surface area contributed by atoms with E-state index in [2.05, 4.69) is 21.2 Å². The molecule has 0 aliphatic rings. The number of nitro benzene ring substituents is 1. The van der Waals surface area contributed by atoms with Crippen LogP contribution in [0, 0.1) is 22.5 Å². The fourth-order valence-corrected chi connectivity index (χ4v) is 3.76. The summed E-state index contributed by atoms with van der Waals surface area (Å²) in [6, 6.07) is 18.4. The number of hydrogen-bond donors (Lipinski definition) is 3. The second-order valence-electron chi connectivity index (χ2n) is 8.02. The number of non-ortho nitro benzene ring substituents is 1. The van der Waals surface area contributed by atoms with Gasteiger partial charge in [-0.05, 0) is 47.5 Å². The zero-order chi connectivity index (χ0) is 25.7. The Kier molecular flexibility index (Phi) is 6.92. The van der Waals surface area contributed by atoms with Gasteiger partial charge >= 0.3 is 0 Å². The van der Waals surface area contributed by atoms with E-state index in [-0.39, 0.29) is 29.6 Å². The summed E-state index contributed by atoms with van der Waals surface area (Å²) in [6.07, 6.45) is 5.58. The number of rotatable bonds is 8. The van der Waals surface area contributed by atoms with Crippen molar-refractivity contribution in [3.05, 3.63) is 104 Å². The topological polar surface area (TPSA) is 147 Å². The molecule has 0 radical (unpaired) electrons. The molecular formula is C26H22N6O4. The number of aromatic nitrogens is 2. The Hall–Kier alpha value is -5.17. The minimum atomic E-state index is -0.477. The van der Waals surface area contributed by atoms with Crippen LogP contribution in [0.2, 0.25) is 0 Å². The molecular weight excluding hydrogens is 460 g/mol. The summed E-state index contributed by atoms with van der Waals surface area (Å²) in [6.45, 7) is 0.905. The quantitative estimate of drug-likeness (QED) is 0.199. The van der Waals surface area contributed by atoms with Crippen molar-refractivity contribution in [2.75, 3.05) is 17.2 Å². The SMILES string of the molecule is C#CCN(Cc1ccc2nc(N)[nH]c(=O)c2c1)c1ccc(C(=O)NCc2cccc([N+](=O)[O-])c2)cc1. The van der Waals surface area contributed by atoms with Gasteiger partial charge in [0, 0.05) is 36.5 Å². The van der Waals surface area contributed by atoms with Crippen molar-refractivity contribution in [2.24, 2.45) is 0 Å². The number of fused-ring (bicyclic) bond motifs is 1. The van der Waals surface area contributed by atoms with Crippen molar-refractivity contribution in [1.82, 2.24) is 15.3 Å². The number of nitrogens with two attached hydrogens (primary N) is 1. The number of terminal acetylenes is 1. The third-order valence-electron chi connectivity index (χ3n) is 5.51. The van der Waals surface area contributed by atoms with E-state index < -0.39 is 4.92 Å². The molecule has 36 heavy (non-hydrogen) atoms. The number of nitrogens with zero attached hydrogens (tertiary/aromatic N) is 3. The molecule has 10 nitrogen and oxygen atoms in total. The number of nitro groups is 1. The molecule has 1 heterocycles. The van der Waals surface area contributed by atoms with E-state index >= 15 is 0 Å². The zero-order valence-corrected chi connectivity index (χ0v) is 19.1. The first kappa shape index (κ1) is 24.0. The molecule has 0 unspecified atom stereocenters. The summed E-state index contributed by atoms with van der Waals surface area (Å²) in [5, 5.41) is 14.1. The maximum absolute atomic E-state index is 12.6. The number of amides is 1. The van der Waals surface area contributed by atoms with Gasteiger partial charge in [-0.15, -0.1) is 6.42 Å². The lowest BCUT2D eigenvalue weighted by atomic mass is 10.1. The van der Waals surface area contributed by atoms with Gasteiger partial charge in [-0.3, -0.25) is 24.7 Å². The van der Waals surface area contributed by atoms with Gasteiger partial charge in [-0.25, -0.2) is 4.98 Å². The minimum Gasteiger partial charge on any atom is -0.369 e. The molecule has 0 bridgehead atoms. The summed E-state index contributed by atoms with van der Waals surface area (Å²) in [4.78, 5) is 43.8. The van der Waals surface area contributed by atoms with Crippen LogP contribution in [0.3, 0.4) is 0 Å². The van der Waals surface area contributed by atoms with Gasteiger partial charge < -0.3 is 16.0 Å². The molecule has 4 aromatic rings. The highest BCUT2D eigenvalue weighted by atomic mass is 16.6. The van der Waals surface area contributed by atoms with E-state index in [1.165, 1.54) is 12.1 Å². The zero-order valence-electron chi connectivity index (χ0n) is 19.1. The molecule has 4 rings (SSSR count). The third-order valence-corrected chi connectivity index (χ3v) is 5.51. The Bertz CT molecular complexity index is 1540. The maximum Gasteiger partial charge on any atom is 0.269 e. The molecule has 1 aromatic heterocycles. The molecule has 0 saturated heterocycles. The second kappa shape index (κ2) is 10.4. The largest absolute Gasteiger partial charge is 0.369 e. The lowest BCUT2D eigenvalue weighted by Gasteiger charge is -2.23. The molecule has 0 fully saturated rings. The van der Waals surface area contributed by atoms with E-state index in [9.17, 15) is 19.7 Å². The van der Waals surface area contributed by atoms with E-state index in [1.807, 2.05) is 11.0 Å². The fraction of sp³-hybridized carbons (Fsp3) is 0.115. The van der Waals surface area contributed by atoms with Gasteiger partial charge in [0.1, 0.15) is 0 Å². The van der Waals surface area contributed by atoms with Crippen molar-refractivity contribution in [3.63, 3.8) is 0 Å². The Labute approximate surface area is 205 Å². The van der Waals surface area contributed by atoms with Crippen molar-refractivity contribution < 1.29 is 9.72 Å². The number of hydrogen-bond acceptors (Lipinski definition) is 7. The number of nitrogen functional groups attached to an aromatic ring is 1. The number of carbonyl (C=O) groups is 1. The highest BCUT2D eigenvalue weighted by molar-refractivity contribution is 5.94. The van der Waals surface area contributed by atoms with Gasteiger partial charge in [-0.1, -0.05) is 24.1 Å². The first-order valence-electron chi connectivity index (χ1n) is 10.9. The number of aromatic amines is 1. The Morgan fingerprint density at radius 2 is 1.92 bits per heavy atom. The Balaban J connectivity index is 1.46. The highest BCUT2D eigenvalue weighted by Gasteiger charge is 2.12. The number of nitrogens with one attached hydrogen (secondary N) is 2. The van der Waals surface area contributed by atoms with Crippen LogP contribution < -0.4 is 21.5 Å². The lowest BCUT2D eigenvalue weighted by Crippen LogP contribution is -2.24. The van der Waals surface area contributed by atoms with Crippen LogP contribution in [-0.2, 0) is 13.1 Å². The summed E-state index contributed by atoms with van der Waals surface area (Å²) >= 11 is 0. The molecule has 0 spiro atoms. The Morgan fingerprint density at radius 1 is 1.14 bits per heavy atom. The smallest absolute Gasteiger partial charge is 0.269 e. The molecule has 1 amide bonds. The van der Waals surface area contributed by atoms with E-state index in [4.69, 9.17) is 12.2 Å². The predicted octanol–water partition coefficient (Wildman–Crippen LogP) is 2.98. The molecule has 3 aromatic carbocycles. The van der Waals surface area contributed by atoms with Crippen LogP contribution in [0.5, 0.6) is 0 Å². The number of benzene rings is 3. The Morgan fingerprint density at radius 3 is 2.64 bits per heavy atom. The van der Waals surface area contributed by atoms with Gasteiger partial charge in [0.15, 0.2) is 0 Å². The molecule has 0 aliphatic carbocycles. The van der Waals surface area contributed by atoms with E-state index in [0.29, 0.717) is 35.1 Å². The fourth-order valence-electron chi connectivity index (χ4n) is 3.76. The normalized spacial score (nSPS) is 10.5. The molecule has 0 atom stereocenters. The van der Waals surface area contributed by atoms with E-state index in [1.54, 1.807) is 48.5 Å². The lowest BCUT2D eigenvalue weighted by molar-refractivity contribution is -0.384. The molecule has 0 saturated carbocycles. The first-order valence-corrected chi connectivity index (χ1v) is 10.9. The van der Waals surface area contributed by atoms with Gasteiger partial charge in [0.05, 0.1) is 22.4 Å². The minimum absolute atomic E-state index is 0.0314. The monoisotopic (exact) mass is 482 g/mol. The van der Waals surface area contributed by atoms with Gasteiger partial charge in [-0.2, -0.15) is 0 Å². The van der Waals surface area contributed by atoms with Crippen LogP contribution in [-0.4, -0.2) is 27.3 Å².